The van der Waals surface area contributed by atoms with Gasteiger partial charge in [-0.1, -0.05) is 0 Å². The summed E-state index contributed by atoms with van der Waals surface area (Å²) in [6.07, 6.45) is 12.2. The van der Waals surface area contributed by atoms with Crippen molar-refractivity contribution in [1.82, 2.24) is 20.0 Å². The van der Waals surface area contributed by atoms with Crippen molar-refractivity contribution in [2.24, 2.45) is 23.2 Å². The zero-order valence-electron chi connectivity index (χ0n) is 18.1. The van der Waals surface area contributed by atoms with Gasteiger partial charge >= 0.3 is 0 Å². The number of amides is 1. The zero-order valence-corrected chi connectivity index (χ0v) is 18.1. The normalized spacial score (nSPS) is 27.9. The van der Waals surface area contributed by atoms with E-state index in [1.54, 1.807) is 10.9 Å². The van der Waals surface area contributed by atoms with E-state index in [-0.39, 0.29) is 11.3 Å². The fraction of sp³-hybridized carbons (Fsp3) is 0.440. The molecule has 4 fully saturated rings. The molecule has 7 rings (SSSR count). The molecule has 7 nitrogen and oxygen atoms in total. The van der Waals surface area contributed by atoms with Crippen LogP contribution in [0.4, 0.5) is 17.2 Å². The minimum atomic E-state index is 0.160. The summed E-state index contributed by atoms with van der Waals surface area (Å²) in [6.45, 7) is 0. The minimum Gasteiger partial charge on any atom is -0.339 e. The van der Waals surface area contributed by atoms with Crippen LogP contribution in [0.5, 0.6) is 0 Å². The number of aromatic nitrogens is 4. The van der Waals surface area contributed by atoms with Crippen LogP contribution in [-0.4, -0.2) is 25.9 Å². The van der Waals surface area contributed by atoms with E-state index in [2.05, 4.69) is 25.9 Å². The molecule has 4 bridgehead atoms. The maximum absolute atomic E-state index is 12.9. The van der Waals surface area contributed by atoms with Crippen LogP contribution < -0.4 is 10.6 Å². The minimum absolute atomic E-state index is 0.160. The molecular formula is C25H28N6O. The van der Waals surface area contributed by atoms with Gasteiger partial charge in [0.1, 0.15) is 0 Å². The third-order valence-electron chi connectivity index (χ3n) is 7.53. The van der Waals surface area contributed by atoms with Crippen LogP contribution in [0.25, 0.3) is 5.82 Å². The Balaban J connectivity index is 1.06. The summed E-state index contributed by atoms with van der Waals surface area (Å²) >= 11 is 0. The summed E-state index contributed by atoms with van der Waals surface area (Å²) < 4.78 is 1.66. The number of anilines is 3. The predicted molar refractivity (Wildman–Crippen MR) is 123 cm³/mol. The first kappa shape index (κ1) is 19.5. The van der Waals surface area contributed by atoms with E-state index < -0.39 is 0 Å². The quantitative estimate of drug-likeness (QED) is 0.580. The van der Waals surface area contributed by atoms with Crippen LogP contribution in [0.1, 0.15) is 44.9 Å². The van der Waals surface area contributed by atoms with E-state index in [1.807, 2.05) is 48.7 Å². The number of carbonyl (C=O) groups excluding carboxylic acids is 1. The highest BCUT2D eigenvalue weighted by Crippen LogP contribution is 2.61. The Kier molecular flexibility index (Phi) is 4.70. The average Bonchev–Trinajstić information content (AvgIpc) is 3.29. The number of carbonyl (C=O) groups is 1. The molecule has 1 amide bonds. The predicted octanol–water partition coefficient (Wildman–Crippen LogP) is 4.95. The van der Waals surface area contributed by atoms with Crippen LogP contribution in [0.15, 0.2) is 54.9 Å². The van der Waals surface area contributed by atoms with E-state index in [4.69, 9.17) is 0 Å². The van der Waals surface area contributed by atoms with Crippen LogP contribution in [0.2, 0.25) is 0 Å². The van der Waals surface area contributed by atoms with Crippen molar-refractivity contribution >= 4 is 23.1 Å². The molecule has 0 radical (unpaired) electrons. The second-order valence-corrected chi connectivity index (χ2v) is 10.1. The number of rotatable bonds is 6. The summed E-state index contributed by atoms with van der Waals surface area (Å²) in [7, 11) is 0. The standard InChI is InChI=1S/C25H28N6O/c32-24(16-25-13-17-10-18(14-25)12-19(11-17)15-25)28-21-4-2-20(3-5-21)27-22-6-7-23(30-29-22)31-9-1-8-26-31/h1-9,17-19H,10-16H2,(H,27,29)(H,28,32). The third-order valence-corrected chi connectivity index (χ3v) is 7.53. The van der Waals surface area contributed by atoms with E-state index in [0.29, 0.717) is 18.1 Å². The molecule has 0 unspecified atom stereocenters. The summed E-state index contributed by atoms with van der Waals surface area (Å²) in [4.78, 5) is 12.9. The van der Waals surface area contributed by atoms with E-state index in [1.165, 1.54) is 38.5 Å². The second kappa shape index (κ2) is 7.73. The zero-order chi connectivity index (χ0) is 21.5. The lowest BCUT2D eigenvalue weighted by Gasteiger charge is -2.56. The van der Waals surface area contributed by atoms with Gasteiger partial charge in [-0.25, -0.2) is 4.68 Å². The van der Waals surface area contributed by atoms with Crippen molar-refractivity contribution in [3.05, 3.63) is 54.9 Å². The van der Waals surface area contributed by atoms with Gasteiger partial charge in [0, 0.05) is 30.2 Å². The SMILES string of the molecule is O=C(CC12CC3CC(CC(C3)C1)C2)Nc1ccc(Nc2ccc(-n3cccn3)nn2)cc1. The Labute approximate surface area is 187 Å². The first-order valence-electron chi connectivity index (χ1n) is 11.6. The maximum Gasteiger partial charge on any atom is 0.224 e. The van der Waals surface area contributed by atoms with Gasteiger partial charge in [-0.3, -0.25) is 4.79 Å². The van der Waals surface area contributed by atoms with Gasteiger partial charge in [0.15, 0.2) is 11.6 Å². The Morgan fingerprint density at radius 2 is 1.62 bits per heavy atom. The highest BCUT2D eigenvalue weighted by atomic mass is 16.1. The van der Waals surface area contributed by atoms with Crippen molar-refractivity contribution < 1.29 is 4.79 Å². The Bertz CT molecular complexity index is 1060. The van der Waals surface area contributed by atoms with Crippen LogP contribution in [0.3, 0.4) is 0 Å². The molecular weight excluding hydrogens is 400 g/mol. The van der Waals surface area contributed by atoms with Crippen LogP contribution in [0, 0.1) is 23.2 Å². The van der Waals surface area contributed by atoms with Gasteiger partial charge in [-0.2, -0.15) is 5.10 Å². The molecule has 4 aliphatic rings. The summed E-state index contributed by atoms with van der Waals surface area (Å²) in [5, 5.41) is 18.9. The van der Waals surface area contributed by atoms with Crippen LogP contribution >= 0.6 is 0 Å². The molecule has 32 heavy (non-hydrogen) atoms. The van der Waals surface area contributed by atoms with E-state index in [0.717, 1.165) is 29.1 Å². The van der Waals surface area contributed by atoms with Crippen LogP contribution in [-0.2, 0) is 4.79 Å². The highest BCUT2D eigenvalue weighted by molar-refractivity contribution is 5.91. The summed E-state index contributed by atoms with van der Waals surface area (Å²) in [5.74, 6) is 4.09. The Morgan fingerprint density at radius 1 is 0.938 bits per heavy atom. The second-order valence-electron chi connectivity index (χ2n) is 10.1. The highest BCUT2D eigenvalue weighted by Gasteiger charge is 2.51. The third kappa shape index (κ3) is 3.87. The molecule has 7 heteroatoms. The van der Waals surface area contributed by atoms with Crippen molar-refractivity contribution in [3.63, 3.8) is 0 Å². The van der Waals surface area contributed by atoms with Crippen molar-refractivity contribution in [2.45, 2.75) is 44.9 Å². The lowest BCUT2D eigenvalue weighted by molar-refractivity contribution is -0.124. The lowest BCUT2D eigenvalue weighted by Crippen LogP contribution is -2.47. The van der Waals surface area contributed by atoms with Crippen molar-refractivity contribution in [3.8, 4) is 5.82 Å². The molecule has 2 aromatic heterocycles. The summed E-state index contributed by atoms with van der Waals surface area (Å²) in [6, 6.07) is 13.3. The van der Waals surface area contributed by atoms with E-state index >= 15 is 0 Å². The average molecular weight is 429 g/mol. The molecule has 3 aromatic rings. The number of nitrogens with one attached hydrogen (secondary N) is 2. The fourth-order valence-corrected chi connectivity index (χ4v) is 6.76. The maximum atomic E-state index is 12.9. The van der Waals surface area contributed by atoms with Crippen molar-refractivity contribution in [1.29, 1.82) is 0 Å². The molecule has 4 saturated carbocycles. The smallest absolute Gasteiger partial charge is 0.224 e. The topological polar surface area (TPSA) is 84.7 Å². The first-order chi connectivity index (χ1) is 15.6. The molecule has 164 valence electrons. The van der Waals surface area contributed by atoms with Gasteiger partial charge < -0.3 is 10.6 Å². The van der Waals surface area contributed by atoms with Gasteiger partial charge in [-0.05, 0) is 104 Å². The number of hydrogen-bond acceptors (Lipinski definition) is 5. The summed E-state index contributed by atoms with van der Waals surface area (Å²) in [5.41, 5.74) is 2.00. The fourth-order valence-electron chi connectivity index (χ4n) is 6.76. The molecule has 1 aromatic carbocycles. The lowest BCUT2D eigenvalue weighted by atomic mass is 9.49. The molecule has 2 N–H and O–H groups in total. The Hall–Kier alpha value is -3.22. The molecule has 2 heterocycles. The molecule has 0 spiro atoms. The molecule has 4 aliphatic carbocycles. The van der Waals surface area contributed by atoms with Gasteiger partial charge in [-0.15, -0.1) is 10.2 Å². The largest absolute Gasteiger partial charge is 0.339 e. The van der Waals surface area contributed by atoms with Crippen molar-refractivity contribution in [2.75, 3.05) is 10.6 Å². The molecule has 0 atom stereocenters. The number of nitrogens with zero attached hydrogens (tertiary/aromatic N) is 4. The monoisotopic (exact) mass is 428 g/mol. The molecule has 0 saturated heterocycles. The first-order valence-corrected chi connectivity index (χ1v) is 11.6. The van der Waals surface area contributed by atoms with Gasteiger partial charge in [0.05, 0.1) is 0 Å². The van der Waals surface area contributed by atoms with Gasteiger partial charge in [0.25, 0.3) is 0 Å². The van der Waals surface area contributed by atoms with E-state index in [9.17, 15) is 4.79 Å². The molecule has 0 aliphatic heterocycles. The Morgan fingerprint density at radius 3 is 2.22 bits per heavy atom. The number of hydrogen-bond donors (Lipinski definition) is 2. The number of benzene rings is 1. The van der Waals surface area contributed by atoms with Gasteiger partial charge in [0.2, 0.25) is 5.91 Å².